The average molecular weight is 303 g/mol. The van der Waals surface area contributed by atoms with E-state index in [-0.39, 0.29) is 23.9 Å². The first-order valence-electron chi connectivity index (χ1n) is 8.09. The Morgan fingerprint density at radius 2 is 1.80 bits per heavy atom. The van der Waals surface area contributed by atoms with Gasteiger partial charge in [0.05, 0.1) is 0 Å². The summed E-state index contributed by atoms with van der Waals surface area (Å²) in [6, 6.07) is 0. The molecular weight excluding hydrogens is 272 g/mol. The molecule has 0 atom stereocenters. The molecule has 0 aromatic carbocycles. The van der Waals surface area contributed by atoms with E-state index >= 15 is 0 Å². The molecule has 1 saturated heterocycles. The third-order valence-electron chi connectivity index (χ3n) is 5.06. The maximum absolute atomic E-state index is 12.1. The van der Waals surface area contributed by atoms with Crippen LogP contribution >= 0.6 is 12.4 Å². The summed E-state index contributed by atoms with van der Waals surface area (Å²) in [6.45, 7) is 6.80. The minimum atomic E-state index is 0. The number of carbonyl (C=O) groups is 1. The van der Waals surface area contributed by atoms with Crippen molar-refractivity contribution in [2.75, 3.05) is 13.1 Å². The fourth-order valence-corrected chi connectivity index (χ4v) is 3.43. The molecule has 1 heterocycles. The Bertz CT molecular complexity index is 295. The van der Waals surface area contributed by atoms with Gasteiger partial charge in [-0.25, -0.2) is 0 Å². The van der Waals surface area contributed by atoms with E-state index in [2.05, 4.69) is 24.5 Å². The van der Waals surface area contributed by atoms with E-state index in [9.17, 15) is 4.79 Å². The van der Waals surface area contributed by atoms with Gasteiger partial charge in [0.2, 0.25) is 5.91 Å². The number of hydrogen-bond acceptors (Lipinski definition) is 2. The lowest BCUT2D eigenvalue weighted by Crippen LogP contribution is -2.48. The molecule has 2 rings (SSSR count). The summed E-state index contributed by atoms with van der Waals surface area (Å²) in [5.41, 5.74) is 0.0672. The van der Waals surface area contributed by atoms with Crippen molar-refractivity contribution in [2.45, 2.75) is 70.8 Å². The van der Waals surface area contributed by atoms with Crippen molar-refractivity contribution in [2.24, 2.45) is 11.8 Å². The van der Waals surface area contributed by atoms with Crippen molar-refractivity contribution in [3.8, 4) is 0 Å². The molecular formula is C16H31ClN2O. The second-order valence-corrected chi connectivity index (χ2v) is 7.02. The lowest BCUT2D eigenvalue weighted by Gasteiger charge is -2.37. The first-order valence-corrected chi connectivity index (χ1v) is 8.09. The predicted molar refractivity (Wildman–Crippen MR) is 86.3 cm³/mol. The van der Waals surface area contributed by atoms with Crippen LogP contribution in [0, 0.1) is 11.8 Å². The second kappa shape index (κ2) is 8.23. The smallest absolute Gasteiger partial charge is 0.220 e. The van der Waals surface area contributed by atoms with Crippen molar-refractivity contribution in [1.82, 2.24) is 10.6 Å². The quantitative estimate of drug-likeness (QED) is 0.837. The zero-order chi connectivity index (χ0) is 13.7. The van der Waals surface area contributed by atoms with Gasteiger partial charge in [-0.05, 0) is 76.8 Å². The summed E-state index contributed by atoms with van der Waals surface area (Å²) < 4.78 is 0. The molecule has 2 aliphatic rings. The molecule has 0 aromatic rings. The third kappa shape index (κ3) is 5.61. The second-order valence-electron chi connectivity index (χ2n) is 7.02. The highest BCUT2D eigenvalue weighted by Crippen LogP contribution is 2.31. The maximum atomic E-state index is 12.1. The van der Waals surface area contributed by atoms with E-state index in [1.807, 2.05) is 0 Å². The highest BCUT2D eigenvalue weighted by Gasteiger charge is 2.30. The Hall–Kier alpha value is -0.280. The van der Waals surface area contributed by atoms with Gasteiger partial charge in [-0.3, -0.25) is 4.79 Å². The van der Waals surface area contributed by atoms with E-state index in [0.29, 0.717) is 0 Å². The van der Waals surface area contributed by atoms with Crippen LogP contribution in [0.3, 0.4) is 0 Å². The normalized spacial score (nSPS) is 31.4. The standard InChI is InChI=1S/C16H30N2O.ClH/c1-13-5-9-16(2,10-6-13)18-15(19)4-3-14-7-11-17-12-8-14;/h13-14,17H,3-12H2,1-2H3,(H,18,19);1H. The van der Waals surface area contributed by atoms with Gasteiger partial charge in [0.25, 0.3) is 0 Å². The van der Waals surface area contributed by atoms with E-state index in [1.165, 1.54) is 25.7 Å². The minimum absolute atomic E-state index is 0. The van der Waals surface area contributed by atoms with Gasteiger partial charge in [-0.1, -0.05) is 6.92 Å². The molecule has 4 heteroatoms. The molecule has 0 spiro atoms. The molecule has 1 aliphatic carbocycles. The molecule has 1 amide bonds. The van der Waals surface area contributed by atoms with E-state index < -0.39 is 0 Å². The third-order valence-corrected chi connectivity index (χ3v) is 5.06. The van der Waals surface area contributed by atoms with Crippen molar-refractivity contribution in [3.63, 3.8) is 0 Å². The van der Waals surface area contributed by atoms with Gasteiger partial charge in [0.1, 0.15) is 0 Å². The van der Waals surface area contributed by atoms with Gasteiger partial charge in [-0.2, -0.15) is 0 Å². The van der Waals surface area contributed by atoms with E-state index in [1.54, 1.807) is 0 Å². The molecule has 0 bridgehead atoms. The molecule has 3 nitrogen and oxygen atoms in total. The Morgan fingerprint density at radius 1 is 1.20 bits per heavy atom. The zero-order valence-corrected chi connectivity index (χ0v) is 13.9. The van der Waals surface area contributed by atoms with Crippen molar-refractivity contribution < 1.29 is 4.79 Å². The van der Waals surface area contributed by atoms with Gasteiger partial charge in [-0.15, -0.1) is 12.4 Å². The molecule has 2 N–H and O–H groups in total. The molecule has 2 fully saturated rings. The Kier molecular flexibility index (Phi) is 7.32. The van der Waals surface area contributed by atoms with Crippen LogP contribution in [0.4, 0.5) is 0 Å². The van der Waals surface area contributed by atoms with Crippen LogP contribution in [-0.2, 0) is 4.79 Å². The van der Waals surface area contributed by atoms with Crippen LogP contribution in [0.25, 0.3) is 0 Å². The van der Waals surface area contributed by atoms with Crippen LogP contribution in [0.2, 0.25) is 0 Å². The lowest BCUT2D eigenvalue weighted by atomic mass is 9.78. The Labute approximate surface area is 130 Å². The summed E-state index contributed by atoms with van der Waals surface area (Å²) >= 11 is 0. The molecule has 118 valence electrons. The molecule has 0 radical (unpaired) electrons. The van der Waals surface area contributed by atoms with Crippen molar-refractivity contribution >= 4 is 18.3 Å². The number of piperidine rings is 1. The summed E-state index contributed by atoms with van der Waals surface area (Å²) in [6.07, 6.45) is 9.07. The summed E-state index contributed by atoms with van der Waals surface area (Å²) in [5, 5.41) is 6.68. The van der Waals surface area contributed by atoms with E-state index in [0.717, 1.165) is 50.6 Å². The number of amides is 1. The SMILES string of the molecule is CC1CCC(C)(NC(=O)CCC2CCNCC2)CC1.Cl. The van der Waals surface area contributed by atoms with Crippen LogP contribution in [-0.4, -0.2) is 24.5 Å². The number of nitrogens with one attached hydrogen (secondary N) is 2. The predicted octanol–water partition coefficient (Wildman–Crippen LogP) is 3.27. The number of halogens is 1. The summed E-state index contributed by atoms with van der Waals surface area (Å²) in [7, 11) is 0. The van der Waals surface area contributed by atoms with Gasteiger partial charge in [0, 0.05) is 12.0 Å². The topological polar surface area (TPSA) is 41.1 Å². The molecule has 20 heavy (non-hydrogen) atoms. The monoisotopic (exact) mass is 302 g/mol. The minimum Gasteiger partial charge on any atom is -0.351 e. The molecule has 1 saturated carbocycles. The fourth-order valence-electron chi connectivity index (χ4n) is 3.43. The van der Waals surface area contributed by atoms with Crippen LogP contribution in [0.5, 0.6) is 0 Å². The highest BCUT2D eigenvalue weighted by molar-refractivity contribution is 5.85. The maximum Gasteiger partial charge on any atom is 0.220 e. The van der Waals surface area contributed by atoms with Gasteiger partial charge in [0.15, 0.2) is 0 Å². The molecule has 0 unspecified atom stereocenters. The first-order chi connectivity index (χ1) is 9.07. The largest absolute Gasteiger partial charge is 0.351 e. The van der Waals surface area contributed by atoms with Crippen LogP contribution in [0.1, 0.15) is 65.2 Å². The van der Waals surface area contributed by atoms with E-state index in [4.69, 9.17) is 0 Å². The van der Waals surface area contributed by atoms with Gasteiger partial charge < -0.3 is 10.6 Å². The Morgan fingerprint density at radius 3 is 2.40 bits per heavy atom. The summed E-state index contributed by atoms with van der Waals surface area (Å²) in [4.78, 5) is 12.1. The number of carbonyl (C=O) groups excluding carboxylic acids is 1. The molecule has 0 aromatic heterocycles. The Balaban J connectivity index is 0.00000200. The van der Waals surface area contributed by atoms with Crippen LogP contribution < -0.4 is 10.6 Å². The van der Waals surface area contributed by atoms with Gasteiger partial charge >= 0.3 is 0 Å². The average Bonchev–Trinajstić information content (AvgIpc) is 2.41. The lowest BCUT2D eigenvalue weighted by molar-refractivity contribution is -0.123. The van der Waals surface area contributed by atoms with Crippen molar-refractivity contribution in [1.29, 1.82) is 0 Å². The van der Waals surface area contributed by atoms with Crippen LogP contribution in [0.15, 0.2) is 0 Å². The fraction of sp³-hybridized carbons (Fsp3) is 0.938. The number of hydrogen-bond donors (Lipinski definition) is 2. The highest BCUT2D eigenvalue weighted by atomic mass is 35.5. The molecule has 1 aliphatic heterocycles. The zero-order valence-electron chi connectivity index (χ0n) is 13.0. The number of rotatable bonds is 4. The van der Waals surface area contributed by atoms with Crippen molar-refractivity contribution in [3.05, 3.63) is 0 Å². The first kappa shape index (κ1) is 17.8. The summed E-state index contributed by atoms with van der Waals surface area (Å²) in [5.74, 6) is 1.86.